The Bertz CT molecular complexity index is 325. The van der Waals surface area contributed by atoms with Gasteiger partial charge in [-0.2, -0.15) is 0 Å². The Labute approximate surface area is 117 Å². The van der Waals surface area contributed by atoms with E-state index in [9.17, 15) is 4.79 Å². The SMILES string of the molecule is CCC(C)N(CC)CC(NC1CC1)(C(N)=O)C1CC1. The number of hydrogen-bond acceptors (Lipinski definition) is 3. The lowest BCUT2D eigenvalue weighted by atomic mass is 9.90. The molecule has 4 heteroatoms. The fraction of sp³-hybridized carbons (Fsp3) is 0.933. The zero-order valence-corrected chi connectivity index (χ0v) is 12.6. The summed E-state index contributed by atoms with van der Waals surface area (Å²) in [5, 5.41) is 3.59. The maximum absolute atomic E-state index is 12.2. The first-order valence-corrected chi connectivity index (χ1v) is 7.85. The van der Waals surface area contributed by atoms with Crippen molar-refractivity contribution in [1.82, 2.24) is 10.2 Å². The fourth-order valence-corrected chi connectivity index (χ4v) is 2.97. The molecule has 3 N–H and O–H groups in total. The summed E-state index contributed by atoms with van der Waals surface area (Å²) in [6.07, 6.45) is 5.77. The van der Waals surface area contributed by atoms with Crippen molar-refractivity contribution >= 4 is 5.91 Å². The Kier molecular flexibility index (Phi) is 4.51. The number of likely N-dealkylation sites (N-methyl/N-ethyl adjacent to an activating group) is 1. The molecule has 0 aliphatic heterocycles. The van der Waals surface area contributed by atoms with E-state index in [-0.39, 0.29) is 5.91 Å². The molecule has 2 rings (SSSR count). The van der Waals surface area contributed by atoms with Gasteiger partial charge in [0.1, 0.15) is 5.54 Å². The molecule has 2 aliphatic rings. The summed E-state index contributed by atoms with van der Waals surface area (Å²) in [7, 11) is 0. The van der Waals surface area contributed by atoms with Gasteiger partial charge in [-0.25, -0.2) is 0 Å². The second-order valence-corrected chi connectivity index (χ2v) is 6.35. The molecule has 0 aromatic rings. The van der Waals surface area contributed by atoms with E-state index in [1.165, 1.54) is 12.8 Å². The van der Waals surface area contributed by atoms with Gasteiger partial charge in [0.2, 0.25) is 5.91 Å². The predicted octanol–water partition coefficient (Wildman–Crippen LogP) is 1.49. The number of nitrogens with one attached hydrogen (secondary N) is 1. The second kappa shape index (κ2) is 5.80. The molecule has 2 aliphatic carbocycles. The van der Waals surface area contributed by atoms with Crippen LogP contribution in [0.1, 0.15) is 52.9 Å². The molecule has 110 valence electrons. The van der Waals surface area contributed by atoms with Gasteiger partial charge >= 0.3 is 0 Å². The van der Waals surface area contributed by atoms with Gasteiger partial charge in [-0.3, -0.25) is 15.0 Å². The van der Waals surface area contributed by atoms with Crippen LogP contribution in [0, 0.1) is 5.92 Å². The molecule has 0 spiro atoms. The lowest BCUT2D eigenvalue weighted by molar-refractivity contribution is -0.126. The average molecular weight is 267 g/mol. The van der Waals surface area contributed by atoms with Crippen LogP contribution in [0.2, 0.25) is 0 Å². The van der Waals surface area contributed by atoms with Crippen molar-refractivity contribution in [2.75, 3.05) is 13.1 Å². The summed E-state index contributed by atoms with van der Waals surface area (Å²) in [4.78, 5) is 14.6. The molecule has 0 aromatic carbocycles. The molecule has 0 bridgehead atoms. The van der Waals surface area contributed by atoms with Crippen LogP contribution in [0.3, 0.4) is 0 Å². The van der Waals surface area contributed by atoms with Gasteiger partial charge in [-0.05, 0) is 51.5 Å². The van der Waals surface area contributed by atoms with E-state index in [4.69, 9.17) is 5.73 Å². The monoisotopic (exact) mass is 267 g/mol. The number of carbonyl (C=O) groups is 1. The van der Waals surface area contributed by atoms with Crippen molar-refractivity contribution in [2.24, 2.45) is 11.7 Å². The number of nitrogens with zero attached hydrogens (tertiary/aromatic N) is 1. The summed E-state index contributed by atoms with van der Waals surface area (Å²) >= 11 is 0. The number of hydrogen-bond donors (Lipinski definition) is 2. The summed E-state index contributed by atoms with van der Waals surface area (Å²) in [6, 6.07) is 1.02. The topological polar surface area (TPSA) is 58.4 Å². The Morgan fingerprint density at radius 3 is 2.37 bits per heavy atom. The standard InChI is InChI=1S/C15H29N3O/c1-4-11(3)18(5-2)10-15(14(16)19,12-6-7-12)17-13-8-9-13/h11-13,17H,4-10H2,1-3H3,(H2,16,19). The third kappa shape index (κ3) is 3.29. The van der Waals surface area contributed by atoms with E-state index in [0.717, 1.165) is 32.4 Å². The molecule has 2 fully saturated rings. The lowest BCUT2D eigenvalue weighted by Crippen LogP contribution is -2.64. The third-order valence-electron chi connectivity index (χ3n) is 4.83. The number of carbonyl (C=O) groups excluding carboxylic acids is 1. The maximum Gasteiger partial charge on any atom is 0.239 e. The van der Waals surface area contributed by atoms with E-state index in [2.05, 4.69) is 31.0 Å². The van der Waals surface area contributed by atoms with E-state index in [0.29, 0.717) is 18.0 Å². The van der Waals surface area contributed by atoms with Crippen molar-refractivity contribution in [3.8, 4) is 0 Å². The van der Waals surface area contributed by atoms with Gasteiger partial charge < -0.3 is 5.73 Å². The first-order valence-electron chi connectivity index (χ1n) is 7.85. The molecule has 4 nitrogen and oxygen atoms in total. The first-order chi connectivity index (χ1) is 9.03. The van der Waals surface area contributed by atoms with Crippen molar-refractivity contribution in [3.63, 3.8) is 0 Å². The number of primary amides is 1. The number of nitrogens with two attached hydrogens (primary N) is 1. The minimum absolute atomic E-state index is 0.149. The van der Waals surface area contributed by atoms with Crippen LogP contribution in [0.25, 0.3) is 0 Å². The first kappa shape index (κ1) is 14.8. The van der Waals surface area contributed by atoms with E-state index in [1.807, 2.05) is 0 Å². The number of rotatable bonds is 9. The Hall–Kier alpha value is -0.610. The third-order valence-corrected chi connectivity index (χ3v) is 4.83. The van der Waals surface area contributed by atoms with Crippen LogP contribution in [-0.4, -0.2) is 41.5 Å². The Morgan fingerprint density at radius 2 is 2.00 bits per heavy atom. The zero-order valence-electron chi connectivity index (χ0n) is 12.6. The molecule has 2 saturated carbocycles. The van der Waals surface area contributed by atoms with Crippen LogP contribution in [0.15, 0.2) is 0 Å². The highest BCUT2D eigenvalue weighted by Crippen LogP contribution is 2.42. The van der Waals surface area contributed by atoms with Crippen LogP contribution < -0.4 is 11.1 Å². The summed E-state index contributed by atoms with van der Waals surface area (Å²) in [5.41, 5.74) is 5.32. The van der Waals surface area contributed by atoms with Gasteiger partial charge in [0.15, 0.2) is 0 Å². The van der Waals surface area contributed by atoms with Crippen LogP contribution >= 0.6 is 0 Å². The Balaban J connectivity index is 2.12. The molecule has 0 saturated heterocycles. The van der Waals surface area contributed by atoms with E-state index >= 15 is 0 Å². The van der Waals surface area contributed by atoms with Crippen molar-refractivity contribution < 1.29 is 4.79 Å². The quantitative estimate of drug-likeness (QED) is 0.665. The molecule has 0 radical (unpaired) electrons. The molecule has 0 aromatic heterocycles. The lowest BCUT2D eigenvalue weighted by Gasteiger charge is -2.39. The molecule has 2 unspecified atom stereocenters. The second-order valence-electron chi connectivity index (χ2n) is 6.35. The van der Waals surface area contributed by atoms with Gasteiger partial charge in [0.05, 0.1) is 0 Å². The molecular weight excluding hydrogens is 238 g/mol. The van der Waals surface area contributed by atoms with Crippen molar-refractivity contribution in [1.29, 1.82) is 0 Å². The normalized spacial score (nSPS) is 24.2. The summed E-state index contributed by atoms with van der Waals surface area (Å²) in [5.74, 6) is 0.298. The van der Waals surface area contributed by atoms with Gasteiger partial charge in [0, 0.05) is 18.6 Å². The van der Waals surface area contributed by atoms with E-state index in [1.54, 1.807) is 0 Å². The smallest absolute Gasteiger partial charge is 0.239 e. The minimum Gasteiger partial charge on any atom is -0.368 e. The van der Waals surface area contributed by atoms with Gasteiger partial charge in [-0.15, -0.1) is 0 Å². The van der Waals surface area contributed by atoms with Crippen molar-refractivity contribution in [2.45, 2.75) is 70.5 Å². The molecule has 0 heterocycles. The van der Waals surface area contributed by atoms with Crippen molar-refractivity contribution in [3.05, 3.63) is 0 Å². The predicted molar refractivity (Wildman–Crippen MR) is 77.8 cm³/mol. The van der Waals surface area contributed by atoms with Crippen LogP contribution in [0.5, 0.6) is 0 Å². The summed E-state index contributed by atoms with van der Waals surface area (Å²) < 4.78 is 0. The molecular formula is C15H29N3O. The van der Waals surface area contributed by atoms with Crippen LogP contribution in [0.4, 0.5) is 0 Å². The minimum atomic E-state index is -0.486. The zero-order chi connectivity index (χ0) is 14.0. The summed E-state index contributed by atoms with van der Waals surface area (Å²) in [6.45, 7) is 8.35. The molecule has 2 atom stereocenters. The molecule has 19 heavy (non-hydrogen) atoms. The van der Waals surface area contributed by atoms with Crippen LogP contribution in [-0.2, 0) is 4.79 Å². The highest BCUT2D eigenvalue weighted by Gasteiger charge is 2.52. The average Bonchev–Trinajstić information content (AvgIpc) is 3.25. The van der Waals surface area contributed by atoms with Gasteiger partial charge in [0.25, 0.3) is 0 Å². The van der Waals surface area contributed by atoms with Gasteiger partial charge in [-0.1, -0.05) is 13.8 Å². The largest absolute Gasteiger partial charge is 0.368 e. The highest BCUT2D eigenvalue weighted by molar-refractivity contribution is 5.86. The fourth-order valence-electron chi connectivity index (χ4n) is 2.97. The molecule has 1 amide bonds. The Morgan fingerprint density at radius 1 is 1.37 bits per heavy atom. The van der Waals surface area contributed by atoms with E-state index < -0.39 is 5.54 Å². The highest BCUT2D eigenvalue weighted by atomic mass is 16.1. The maximum atomic E-state index is 12.2. The number of amides is 1.